The van der Waals surface area contributed by atoms with Crippen LogP contribution >= 0.6 is 11.6 Å². The van der Waals surface area contributed by atoms with E-state index in [1.54, 1.807) is 0 Å². The number of hydrogen-bond donors (Lipinski definition) is 1. The lowest BCUT2D eigenvalue weighted by Crippen LogP contribution is -2.47. The summed E-state index contributed by atoms with van der Waals surface area (Å²) in [7, 11) is 0. The molecule has 2 heterocycles. The van der Waals surface area contributed by atoms with Gasteiger partial charge in [0.2, 0.25) is 5.95 Å². The number of β-amino-alcohol motifs (C(OH)–C–C–N with tert-alkyl or cyclic N) is 1. The van der Waals surface area contributed by atoms with Gasteiger partial charge in [0.05, 0.1) is 30.5 Å². The quantitative estimate of drug-likeness (QED) is 0.779. The van der Waals surface area contributed by atoms with Crippen molar-refractivity contribution in [3.8, 4) is 0 Å². The Kier molecular flexibility index (Phi) is 4.37. The lowest BCUT2D eigenvalue weighted by molar-refractivity contribution is 0.159. The molecule has 0 aliphatic carbocycles. The number of fused-ring (bicyclic) bond motifs is 3. The van der Waals surface area contributed by atoms with E-state index in [-0.39, 0.29) is 0 Å². The summed E-state index contributed by atoms with van der Waals surface area (Å²) in [6, 6.07) is 16.1. The van der Waals surface area contributed by atoms with Gasteiger partial charge >= 0.3 is 0 Å². The van der Waals surface area contributed by atoms with E-state index in [4.69, 9.17) is 16.6 Å². The van der Waals surface area contributed by atoms with Gasteiger partial charge in [0.1, 0.15) is 0 Å². The first kappa shape index (κ1) is 16.4. The van der Waals surface area contributed by atoms with Crippen LogP contribution in [0, 0.1) is 0 Å². The molecule has 0 radical (unpaired) electrons. The first-order valence-corrected chi connectivity index (χ1v) is 8.83. The van der Waals surface area contributed by atoms with E-state index in [2.05, 4.69) is 26.5 Å². The highest BCUT2D eigenvalue weighted by Gasteiger charge is 2.26. The van der Waals surface area contributed by atoms with Gasteiger partial charge in [-0.05, 0) is 36.8 Å². The van der Waals surface area contributed by atoms with Crippen LogP contribution in [0.1, 0.15) is 12.5 Å². The summed E-state index contributed by atoms with van der Waals surface area (Å²) in [6.07, 6.45) is -0.417. The largest absolute Gasteiger partial charge is 0.392 e. The zero-order valence-electron chi connectivity index (χ0n) is 14.1. The van der Waals surface area contributed by atoms with Crippen molar-refractivity contribution in [3.05, 3.63) is 59.1 Å². The van der Waals surface area contributed by atoms with E-state index in [9.17, 15) is 5.11 Å². The molecule has 5 nitrogen and oxygen atoms in total. The highest BCUT2D eigenvalue weighted by Crippen LogP contribution is 2.28. The number of aliphatic hydroxyl groups is 1. The van der Waals surface area contributed by atoms with Crippen LogP contribution in [0.15, 0.2) is 48.5 Å². The predicted molar refractivity (Wildman–Crippen MR) is 101 cm³/mol. The van der Waals surface area contributed by atoms with E-state index >= 15 is 0 Å². The van der Waals surface area contributed by atoms with Gasteiger partial charge in [0.25, 0.3) is 0 Å². The van der Waals surface area contributed by atoms with Crippen LogP contribution in [-0.4, -0.2) is 38.9 Å². The van der Waals surface area contributed by atoms with Gasteiger partial charge in [0.15, 0.2) is 0 Å². The minimum atomic E-state index is -0.417. The Morgan fingerprint density at radius 1 is 1.16 bits per heavy atom. The molecule has 0 fully saturated rings. The van der Waals surface area contributed by atoms with E-state index in [0.29, 0.717) is 6.54 Å². The predicted octanol–water partition coefficient (Wildman–Crippen LogP) is 3.31. The Morgan fingerprint density at radius 3 is 2.80 bits per heavy atom. The minimum Gasteiger partial charge on any atom is -0.392 e. The van der Waals surface area contributed by atoms with E-state index < -0.39 is 6.10 Å². The topological polar surface area (TPSA) is 44.5 Å². The van der Waals surface area contributed by atoms with Crippen molar-refractivity contribution in [3.63, 3.8) is 0 Å². The zero-order chi connectivity index (χ0) is 17.4. The summed E-state index contributed by atoms with van der Waals surface area (Å²) < 4.78 is 2.21. The van der Waals surface area contributed by atoms with Gasteiger partial charge in [-0.1, -0.05) is 35.9 Å². The third-order valence-corrected chi connectivity index (χ3v) is 4.64. The second-order valence-corrected chi connectivity index (χ2v) is 7.08. The number of halogens is 1. The van der Waals surface area contributed by atoms with Gasteiger partial charge in [0, 0.05) is 18.1 Å². The van der Waals surface area contributed by atoms with Gasteiger partial charge in [-0.25, -0.2) is 4.98 Å². The number of aromatic nitrogens is 2. The van der Waals surface area contributed by atoms with E-state index in [0.717, 1.165) is 41.9 Å². The van der Waals surface area contributed by atoms with Crippen LogP contribution in [0.4, 0.5) is 5.95 Å². The molecule has 0 unspecified atom stereocenters. The SMILES string of the molecule is C[C@H](O)CN1CN(Cc2cccc(Cl)c2)Cn2c1nc1ccccc12. The van der Waals surface area contributed by atoms with Crippen molar-refractivity contribution in [2.45, 2.75) is 26.2 Å². The molecule has 0 saturated heterocycles. The Bertz CT molecular complexity index is 892. The average Bonchev–Trinajstić information content (AvgIpc) is 2.94. The molecule has 0 saturated carbocycles. The Balaban J connectivity index is 1.68. The van der Waals surface area contributed by atoms with Crippen LogP contribution in [0.5, 0.6) is 0 Å². The number of anilines is 1. The van der Waals surface area contributed by atoms with Crippen molar-refractivity contribution in [1.29, 1.82) is 0 Å². The summed E-state index contributed by atoms with van der Waals surface area (Å²) >= 11 is 6.12. The first-order chi connectivity index (χ1) is 12.1. The Morgan fingerprint density at radius 2 is 2.00 bits per heavy atom. The molecule has 1 aliphatic rings. The minimum absolute atomic E-state index is 0.417. The molecule has 0 bridgehead atoms. The van der Waals surface area contributed by atoms with Gasteiger partial charge in [-0.2, -0.15) is 0 Å². The summed E-state index contributed by atoms with van der Waals surface area (Å²) in [5.74, 6) is 0.921. The number of benzene rings is 2. The van der Waals surface area contributed by atoms with E-state index in [1.165, 1.54) is 5.56 Å². The van der Waals surface area contributed by atoms with Crippen LogP contribution in [0.3, 0.4) is 0 Å². The Hall–Kier alpha value is -2.08. The van der Waals surface area contributed by atoms with Crippen LogP contribution < -0.4 is 4.90 Å². The summed E-state index contributed by atoms with van der Waals surface area (Å²) in [5, 5.41) is 10.7. The highest BCUT2D eigenvalue weighted by molar-refractivity contribution is 6.30. The van der Waals surface area contributed by atoms with Crippen LogP contribution in [0.2, 0.25) is 5.02 Å². The second kappa shape index (κ2) is 6.67. The van der Waals surface area contributed by atoms with Gasteiger partial charge in [-0.15, -0.1) is 0 Å². The molecule has 1 aliphatic heterocycles. The lowest BCUT2D eigenvalue weighted by atomic mass is 10.2. The first-order valence-electron chi connectivity index (χ1n) is 8.45. The smallest absolute Gasteiger partial charge is 0.208 e. The molecular weight excluding hydrogens is 336 g/mol. The second-order valence-electron chi connectivity index (χ2n) is 6.64. The number of nitrogens with zero attached hydrogens (tertiary/aromatic N) is 4. The maximum atomic E-state index is 9.90. The average molecular weight is 357 g/mol. The monoisotopic (exact) mass is 356 g/mol. The van der Waals surface area contributed by atoms with Gasteiger partial charge < -0.3 is 10.0 Å². The molecule has 1 aromatic heterocycles. The fraction of sp³-hybridized carbons (Fsp3) is 0.316. The van der Waals surface area contributed by atoms with Crippen molar-refractivity contribution >= 4 is 28.6 Å². The molecule has 25 heavy (non-hydrogen) atoms. The maximum Gasteiger partial charge on any atom is 0.208 e. The van der Waals surface area contributed by atoms with Crippen molar-refractivity contribution in [2.75, 3.05) is 18.1 Å². The van der Waals surface area contributed by atoms with Crippen LogP contribution in [0.25, 0.3) is 11.0 Å². The fourth-order valence-corrected chi connectivity index (χ4v) is 3.66. The molecule has 6 heteroatoms. The number of para-hydroxylation sites is 2. The summed E-state index contributed by atoms with van der Waals surface area (Å²) in [5.41, 5.74) is 3.28. The normalized spacial score (nSPS) is 16.2. The molecule has 1 atom stereocenters. The molecule has 3 aromatic rings. The van der Waals surface area contributed by atoms with Crippen molar-refractivity contribution in [2.24, 2.45) is 0 Å². The third kappa shape index (κ3) is 3.35. The fourth-order valence-electron chi connectivity index (χ4n) is 3.44. The lowest BCUT2D eigenvalue weighted by Gasteiger charge is -2.37. The number of imidazole rings is 1. The summed E-state index contributed by atoms with van der Waals surface area (Å²) in [6.45, 7) is 4.64. The third-order valence-electron chi connectivity index (χ3n) is 4.41. The molecule has 1 N–H and O–H groups in total. The standard InChI is InChI=1S/C19H21ClN4O/c1-14(25)10-23-12-22(11-15-5-4-6-16(20)9-15)13-24-18-8-3-2-7-17(18)21-19(23)24/h2-9,14,25H,10-13H2,1H3/t14-/m0/s1. The number of hydrogen-bond acceptors (Lipinski definition) is 4. The van der Waals surface area contributed by atoms with Crippen molar-refractivity contribution in [1.82, 2.24) is 14.5 Å². The number of aliphatic hydroxyl groups excluding tert-OH is 1. The highest BCUT2D eigenvalue weighted by atomic mass is 35.5. The molecular formula is C19H21ClN4O. The number of rotatable bonds is 4. The molecule has 0 spiro atoms. The Labute approximate surface area is 152 Å². The van der Waals surface area contributed by atoms with Crippen molar-refractivity contribution < 1.29 is 5.11 Å². The van der Waals surface area contributed by atoms with Gasteiger partial charge in [-0.3, -0.25) is 9.47 Å². The molecule has 130 valence electrons. The van der Waals surface area contributed by atoms with E-state index in [1.807, 2.05) is 43.3 Å². The van der Waals surface area contributed by atoms with Crippen LogP contribution in [-0.2, 0) is 13.2 Å². The molecule has 0 amide bonds. The molecule has 4 rings (SSSR count). The summed E-state index contributed by atoms with van der Waals surface area (Å²) in [4.78, 5) is 9.24. The zero-order valence-corrected chi connectivity index (χ0v) is 14.9. The molecule has 2 aromatic carbocycles. The maximum absolute atomic E-state index is 9.90.